The monoisotopic (exact) mass is 242 g/mol. The minimum atomic E-state index is 0.209. The molecule has 0 radical (unpaired) electrons. The topological polar surface area (TPSA) is 24.5 Å². The van der Waals surface area contributed by atoms with Gasteiger partial charge in [-0.2, -0.15) is 0 Å². The molecule has 1 fully saturated rings. The average Bonchev–Trinajstić information content (AvgIpc) is 2.50. The van der Waals surface area contributed by atoms with Gasteiger partial charge in [0, 0.05) is 37.8 Å². The molecule has 1 rings (SSSR count). The van der Waals surface area contributed by atoms with Crippen molar-refractivity contribution in [2.75, 3.05) is 26.2 Å². The molecule has 0 aromatic carbocycles. The molecule has 3 heteroatoms. The summed E-state index contributed by atoms with van der Waals surface area (Å²) in [6, 6.07) is 0.588. The molecule has 1 N–H and O–H groups in total. The van der Waals surface area contributed by atoms with E-state index in [1.807, 2.05) is 0 Å². The Balaban J connectivity index is 2.40. The Morgan fingerprint density at radius 2 is 2.12 bits per heavy atom. The first-order valence-electron chi connectivity index (χ1n) is 7.03. The van der Waals surface area contributed by atoms with Gasteiger partial charge in [-0.05, 0) is 40.5 Å². The summed E-state index contributed by atoms with van der Waals surface area (Å²) in [5, 5.41) is 3.59. The second-order valence-electron chi connectivity index (χ2n) is 6.23. The molecule has 0 aliphatic carbocycles. The molecule has 2 atom stereocenters. The molecule has 3 nitrogen and oxygen atoms in total. The van der Waals surface area contributed by atoms with Crippen LogP contribution in [-0.4, -0.2) is 48.8 Å². The van der Waals surface area contributed by atoms with Gasteiger partial charge in [0.15, 0.2) is 0 Å². The highest BCUT2D eigenvalue weighted by Crippen LogP contribution is 2.12. The fraction of sp³-hybridized carbons (Fsp3) is 1.00. The maximum Gasteiger partial charge on any atom is 0.0699 e. The molecule has 0 aromatic rings. The van der Waals surface area contributed by atoms with E-state index in [0.29, 0.717) is 12.1 Å². The highest BCUT2D eigenvalue weighted by molar-refractivity contribution is 4.79. The second-order valence-corrected chi connectivity index (χ2v) is 6.23. The van der Waals surface area contributed by atoms with Crippen LogP contribution in [0.4, 0.5) is 0 Å². The molecule has 0 saturated carbocycles. The van der Waals surface area contributed by atoms with Gasteiger partial charge in [0.25, 0.3) is 0 Å². The molecule has 0 spiro atoms. The number of hydrogen-bond acceptors (Lipinski definition) is 3. The summed E-state index contributed by atoms with van der Waals surface area (Å²) in [4.78, 5) is 2.57. The Morgan fingerprint density at radius 1 is 1.41 bits per heavy atom. The average molecular weight is 242 g/mol. The SMILES string of the molecule is CCC1CN(C(C)CNC(C)(C)C)CCCO1. The summed E-state index contributed by atoms with van der Waals surface area (Å²) in [5.41, 5.74) is 0.209. The van der Waals surface area contributed by atoms with Crippen molar-refractivity contribution in [1.29, 1.82) is 0 Å². The van der Waals surface area contributed by atoms with Crippen molar-refractivity contribution in [3.63, 3.8) is 0 Å². The zero-order valence-corrected chi connectivity index (χ0v) is 12.3. The Kier molecular flexibility index (Phi) is 5.90. The molecule has 2 unspecified atom stereocenters. The van der Waals surface area contributed by atoms with Crippen molar-refractivity contribution in [2.45, 2.75) is 65.1 Å². The third kappa shape index (κ3) is 5.84. The van der Waals surface area contributed by atoms with Gasteiger partial charge in [0.2, 0.25) is 0 Å². The summed E-state index contributed by atoms with van der Waals surface area (Å²) in [5.74, 6) is 0. The summed E-state index contributed by atoms with van der Waals surface area (Å²) < 4.78 is 5.82. The van der Waals surface area contributed by atoms with E-state index in [1.165, 1.54) is 6.54 Å². The molecular weight excluding hydrogens is 212 g/mol. The van der Waals surface area contributed by atoms with E-state index in [1.54, 1.807) is 0 Å². The molecule has 1 saturated heterocycles. The highest BCUT2D eigenvalue weighted by Gasteiger charge is 2.22. The van der Waals surface area contributed by atoms with Crippen molar-refractivity contribution in [3.8, 4) is 0 Å². The van der Waals surface area contributed by atoms with Gasteiger partial charge < -0.3 is 10.1 Å². The van der Waals surface area contributed by atoms with E-state index in [0.717, 1.165) is 32.5 Å². The Labute approximate surface area is 107 Å². The van der Waals surface area contributed by atoms with Crippen LogP contribution in [0.5, 0.6) is 0 Å². The fourth-order valence-corrected chi connectivity index (χ4v) is 2.15. The number of nitrogens with zero attached hydrogens (tertiary/aromatic N) is 1. The standard InChI is InChI=1S/C14H30N2O/c1-6-13-11-16(8-7-9-17-13)12(2)10-15-14(3,4)5/h12-13,15H,6-11H2,1-5H3. The lowest BCUT2D eigenvalue weighted by atomic mass is 10.1. The molecule has 1 aliphatic rings. The third-order valence-corrected chi connectivity index (χ3v) is 3.39. The summed E-state index contributed by atoms with van der Waals surface area (Å²) in [6.07, 6.45) is 2.71. The van der Waals surface area contributed by atoms with E-state index in [-0.39, 0.29) is 5.54 Å². The lowest BCUT2D eigenvalue weighted by molar-refractivity contribution is 0.0462. The maximum absolute atomic E-state index is 5.82. The minimum absolute atomic E-state index is 0.209. The normalized spacial score (nSPS) is 25.6. The predicted molar refractivity (Wildman–Crippen MR) is 73.4 cm³/mol. The first-order chi connectivity index (χ1) is 7.92. The molecular formula is C14H30N2O. The van der Waals surface area contributed by atoms with Gasteiger partial charge in [0.1, 0.15) is 0 Å². The van der Waals surface area contributed by atoms with Crippen LogP contribution >= 0.6 is 0 Å². The Hall–Kier alpha value is -0.120. The van der Waals surface area contributed by atoms with Gasteiger partial charge >= 0.3 is 0 Å². The van der Waals surface area contributed by atoms with E-state index in [2.05, 4.69) is 44.8 Å². The first kappa shape index (κ1) is 14.9. The number of ether oxygens (including phenoxy) is 1. The van der Waals surface area contributed by atoms with E-state index < -0.39 is 0 Å². The fourth-order valence-electron chi connectivity index (χ4n) is 2.15. The maximum atomic E-state index is 5.82. The van der Waals surface area contributed by atoms with Crippen LogP contribution in [0.1, 0.15) is 47.5 Å². The van der Waals surface area contributed by atoms with Crippen LogP contribution in [0.15, 0.2) is 0 Å². The number of rotatable bonds is 4. The van der Waals surface area contributed by atoms with Gasteiger partial charge in [0.05, 0.1) is 6.10 Å². The lowest BCUT2D eigenvalue weighted by Gasteiger charge is -2.32. The van der Waals surface area contributed by atoms with E-state index in [4.69, 9.17) is 4.74 Å². The molecule has 102 valence electrons. The molecule has 0 amide bonds. The number of hydrogen-bond donors (Lipinski definition) is 1. The zero-order valence-electron chi connectivity index (χ0n) is 12.3. The smallest absolute Gasteiger partial charge is 0.0699 e. The van der Waals surface area contributed by atoms with Crippen LogP contribution in [0.25, 0.3) is 0 Å². The molecule has 17 heavy (non-hydrogen) atoms. The van der Waals surface area contributed by atoms with E-state index in [9.17, 15) is 0 Å². The van der Waals surface area contributed by atoms with Crippen LogP contribution in [0.2, 0.25) is 0 Å². The minimum Gasteiger partial charge on any atom is -0.377 e. The molecule has 1 heterocycles. The van der Waals surface area contributed by atoms with Crippen LogP contribution in [0, 0.1) is 0 Å². The van der Waals surface area contributed by atoms with Crippen LogP contribution in [0.3, 0.4) is 0 Å². The van der Waals surface area contributed by atoms with Crippen molar-refractivity contribution in [3.05, 3.63) is 0 Å². The van der Waals surface area contributed by atoms with Crippen molar-refractivity contribution in [2.24, 2.45) is 0 Å². The van der Waals surface area contributed by atoms with Gasteiger partial charge in [-0.3, -0.25) is 4.90 Å². The van der Waals surface area contributed by atoms with E-state index >= 15 is 0 Å². The van der Waals surface area contributed by atoms with Crippen LogP contribution < -0.4 is 5.32 Å². The summed E-state index contributed by atoms with van der Waals surface area (Å²) >= 11 is 0. The quantitative estimate of drug-likeness (QED) is 0.818. The Morgan fingerprint density at radius 3 is 2.71 bits per heavy atom. The van der Waals surface area contributed by atoms with Crippen molar-refractivity contribution in [1.82, 2.24) is 10.2 Å². The first-order valence-corrected chi connectivity index (χ1v) is 7.03. The third-order valence-electron chi connectivity index (χ3n) is 3.39. The van der Waals surface area contributed by atoms with Crippen LogP contribution in [-0.2, 0) is 4.74 Å². The summed E-state index contributed by atoms with van der Waals surface area (Å²) in [6.45, 7) is 15.4. The molecule has 0 bridgehead atoms. The predicted octanol–water partition coefficient (Wildman–Crippen LogP) is 2.26. The van der Waals surface area contributed by atoms with Gasteiger partial charge in [-0.1, -0.05) is 6.92 Å². The molecule has 0 aromatic heterocycles. The Bertz CT molecular complexity index is 213. The number of nitrogens with one attached hydrogen (secondary N) is 1. The van der Waals surface area contributed by atoms with Gasteiger partial charge in [-0.15, -0.1) is 0 Å². The second kappa shape index (κ2) is 6.72. The van der Waals surface area contributed by atoms with Crippen molar-refractivity contribution >= 4 is 0 Å². The highest BCUT2D eigenvalue weighted by atomic mass is 16.5. The summed E-state index contributed by atoms with van der Waals surface area (Å²) in [7, 11) is 0. The van der Waals surface area contributed by atoms with Gasteiger partial charge in [-0.25, -0.2) is 0 Å². The molecule has 1 aliphatic heterocycles. The zero-order chi connectivity index (χ0) is 12.9. The largest absolute Gasteiger partial charge is 0.377 e. The lowest BCUT2D eigenvalue weighted by Crippen LogP contribution is -2.48. The van der Waals surface area contributed by atoms with Crippen molar-refractivity contribution < 1.29 is 4.74 Å².